The Hall–Kier alpha value is -3.07. The van der Waals surface area contributed by atoms with Gasteiger partial charge < -0.3 is 5.32 Å². The lowest BCUT2D eigenvalue weighted by molar-refractivity contribution is 0.0957. The largest absolute Gasteiger partial charge is 0.351 e. The Morgan fingerprint density at radius 2 is 2.13 bits per heavy atom. The standard InChI is InChI=1S/C21H22N6O2S/c1-13-17-20(23-14-7-3-2-5-12-27(14)21(17)29)30-18(13)19(28)22-10-9-16-25-24-15-8-4-6-11-26(15)16/h4,6,8,11H,2-3,5,7,9-10,12H2,1H3,(H,22,28). The Balaban J connectivity index is 1.38. The number of rotatable bonds is 4. The molecule has 0 unspecified atom stereocenters. The van der Waals surface area contributed by atoms with Gasteiger partial charge in [-0.3, -0.25) is 18.6 Å². The highest BCUT2D eigenvalue weighted by Crippen LogP contribution is 2.28. The van der Waals surface area contributed by atoms with Gasteiger partial charge >= 0.3 is 0 Å². The van der Waals surface area contributed by atoms with Crippen LogP contribution in [0.3, 0.4) is 0 Å². The van der Waals surface area contributed by atoms with E-state index in [4.69, 9.17) is 4.98 Å². The van der Waals surface area contributed by atoms with Crippen LogP contribution >= 0.6 is 11.3 Å². The third-order valence-electron chi connectivity index (χ3n) is 5.64. The summed E-state index contributed by atoms with van der Waals surface area (Å²) in [6, 6.07) is 5.73. The van der Waals surface area contributed by atoms with E-state index in [2.05, 4.69) is 15.5 Å². The summed E-state index contributed by atoms with van der Waals surface area (Å²) in [6.07, 6.45) is 6.45. The van der Waals surface area contributed by atoms with Gasteiger partial charge in [0.05, 0.1) is 10.3 Å². The zero-order chi connectivity index (χ0) is 20.7. The summed E-state index contributed by atoms with van der Waals surface area (Å²) in [6.45, 7) is 2.98. The first kappa shape index (κ1) is 18.9. The van der Waals surface area contributed by atoms with Gasteiger partial charge in [0.25, 0.3) is 11.5 Å². The zero-order valence-corrected chi connectivity index (χ0v) is 17.5. The zero-order valence-electron chi connectivity index (χ0n) is 16.7. The molecule has 1 aliphatic rings. The minimum absolute atomic E-state index is 0.0142. The number of fused-ring (bicyclic) bond motifs is 3. The number of amides is 1. The van der Waals surface area contributed by atoms with E-state index in [1.54, 1.807) is 4.57 Å². The summed E-state index contributed by atoms with van der Waals surface area (Å²) >= 11 is 1.31. The molecule has 0 saturated heterocycles. The summed E-state index contributed by atoms with van der Waals surface area (Å²) < 4.78 is 3.71. The van der Waals surface area contributed by atoms with Crippen molar-refractivity contribution in [1.29, 1.82) is 0 Å². The molecule has 0 radical (unpaired) electrons. The summed E-state index contributed by atoms with van der Waals surface area (Å²) in [5.74, 6) is 1.46. The average Bonchev–Trinajstić information content (AvgIpc) is 3.20. The van der Waals surface area contributed by atoms with E-state index < -0.39 is 0 Å². The topological polar surface area (TPSA) is 94.2 Å². The molecular formula is C21H22N6O2S. The van der Waals surface area contributed by atoms with Crippen molar-refractivity contribution in [2.75, 3.05) is 6.54 Å². The second-order valence-corrected chi connectivity index (χ2v) is 8.58. The van der Waals surface area contributed by atoms with E-state index in [1.165, 1.54) is 11.3 Å². The van der Waals surface area contributed by atoms with E-state index in [9.17, 15) is 9.59 Å². The first-order valence-electron chi connectivity index (χ1n) is 10.2. The van der Waals surface area contributed by atoms with Gasteiger partial charge in [-0.05, 0) is 37.5 Å². The van der Waals surface area contributed by atoms with Crippen LogP contribution in [0.15, 0.2) is 29.2 Å². The highest BCUT2D eigenvalue weighted by molar-refractivity contribution is 7.20. The number of hydrogen-bond acceptors (Lipinski definition) is 6. The van der Waals surface area contributed by atoms with Gasteiger partial charge in [0.15, 0.2) is 5.65 Å². The second-order valence-electron chi connectivity index (χ2n) is 7.58. The summed E-state index contributed by atoms with van der Waals surface area (Å²) in [4.78, 5) is 31.8. The number of carbonyl (C=O) groups is 1. The van der Waals surface area contributed by atoms with Crippen molar-refractivity contribution in [2.45, 2.75) is 45.6 Å². The highest BCUT2D eigenvalue weighted by atomic mass is 32.1. The summed E-state index contributed by atoms with van der Waals surface area (Å²) in [5.41, 5.74) is 1.49. The molecule has 5 heterocycles. The maximum Gasteiger partial charge on any atom is 0.262 e. The van der Waals surface area contributed by atoms with E-state index in [0.717, 1.165) is 48.5 Å². The number of carbonyl (C=O) groups excluding carboxylic acids is 1. The van der Waals surface area contributed by atoms with Crippen molar-refractivity contribution < 1.29 is 4.79 Å². The predicted molar refractivity (Wildman–Crippen MR) is 115 cm³/mol. The maximum atomic E-state index is 13.1. The highest BCUT2D eigenvalue weighted by Gasteiger charge is 2.22. The van der Waals surface area contributed by atoms with Crippen molar-refractivity contribution in [3.63, 3.8) is 0 Å². The predicted octanol–water partition coefficient (Wildman–Crippen LogP) is 2.51. The molecule has 5 rings (SSSR count). The minimum Gasteiger partial charge on any atom is -0.351 e. The molecule has 154 valence electrons. The lowest BCUT2D eigenvalue weighted by atomic mass is 10.2. The van der Waals surface area contributed by atoms with E-state index in [0.29, 0.717) is 34.6 Å². The lowest BCUT2D eigenvalue weighted by Gasteiger charge is -2.08. The van der Waals surface area contributed by atoms with Gasteiger partial charge in [-0.2, -0.15) is 0 Å². The fraction of sp³-hybridized carbons (Fsp3) is 0.381. The van der Waals surface area contributed by atoms with Gasteiger partial charge in [0.2, 0.25) is 0 Å². The maximum absolute atomic E-state index is 13.1. The number of thiophene rings is 1. The smallest absolute Gasteiger partial charge is 0.262 e. The molecule has 30 heavy (non-hydrogen) atoms. The van der Waals surface area contributed by atoms with Crippen LogP contribution < -0.4 is 10.9 Å². The average molecular weight is 423 g/mol. The van der Waals surface area contributed by atoms with Crippen LogP contribution in [0.25, 0.3) is 15.9 Å². The SMILES string of the molecule is Cc1c(C(=O)NCCc2nnc3ccccn23)sc2nc3n(c(=O)c12)CCCCC3. The van der Waals surface area contributed by atoms with E-state index >= 15 is 0 Å². The number of hydrogen-bond donors (Lipinski definition) is 1. The molecule has 4 aromatic rings. The summed E-state index contributed by atoms with van der Waals surface area (Å²) in [7, 11) is 0. The normalized spacial score (nSPS) is 14.0. The molecule has 0 atom stereocenters. The van der Waals surface area contributed by atoms with Crippen molar-refractivity contribution >= 4 is 33.1 Å². The van der Waals surface area contributed by atoms with Crippen LogP contribution in [0.5, 0.6) is 0 Å². The van der Waals surface area contributed by atoms with Gasteiger partial charge in [-0.1, -0.05) is 12.5 Å². The minimum atomic E-state index is -0.177. The van der Waals surface area contributed by atoms with Crippen molar-refractivity contribution in [1.82, 2.24) is 29.5 Å². The monoisotopic (exact) mass is 422 g/mol. The molecule has 0 aromatic carbocycles. The molecule has 1 amide bonds. The van der Waals surface area contributed by atoms with Crippen LogP contribution in [-0.4, -0.2) is 36.6 Å². The van der Waals surface area contributed by atoms with Crippen molar-refractivity contribution in [3.8, 4) is 0 Å². The fourth-order valence-corrected chi connectivity index (χ4v) is 5.16. The molecule has 1 aliphatic heterocycles. The first-order chi connectivity index (χ1) is 14.6. The number of nitrogens with one attached hydrogen (secondary N) is 1. The fourth-order valence-electron chi connectivity index (χ4n) is 4.06. The first-order valence-corrected chi connectivity index (χ1v) is 11.0. The molecule has 0 aliphatic carbocycles. The summed E-state index contributed by atoms with van der Waals surface area (Å²) in [5, 5.41) is 11.9. The Morgan fingerprint density at radius 1 is 1.23 bits per heavy atom. The second kappa shape index (κ2) is 7.64. The molecule has 1 N–H and O–H groups in total. The van der Waals surface area contributed by atoms with E-state index in [1.807, 2.05) is 35.7 Å². The quantitative estimate of drug-likeness (QED) is 0.545. The molecular weight excluding hydrogens is 400 g/mol. The molecule has 8 nitrogen and oxygen atoms in total. The van der Waals surface area contributed by atoms with Gasteiger partial charge in [-0.25, -0.2) is 4.98 Å². The molecule has 0 fully saturated rings. The van der Waals surface area contributed by atoms with Crippen LogP contribution in [0.4, 0.5) is 0 Å². The number of pyridine rings is 1. The Bertz CT molecular complexity index is 1320. The van der Waals surface area contributed by atoms with E-state index in [-0.39, 0.29) is 11.5 Å². The number of aryl methyl sites for hydroxylation is 2. The third kappa shape index (κ3) is 3.19. The van der Waals surface area contributed by atoms with Crippen molar-refractivity contribution in [2.24, 2.45) is 0 Å². The molecule has 4 aromatic heterocycles. The molecule has 0 bridgehead atoms. The van der Waals surface area contributed by atoms with Gasteiger partial charge in [-0.15, -0.1) is 21.5 Å². The van der Waals surface area contributed by atoms with Crippen LogP contribution in [0, 0.1) is 6.92 Å². The number of aromatic nitrogens is 5. The van der Waals surface area contributed by atoms with Gasteiger partial charge in [0.1, 0.15) is 16.5 Å². The van der Waals surface area contributed by atoms with Crippen LogP contribution in [-0.2, 0) is 19.4 Å². The Morgan fingerprint density at radius 3 is 3.03 bits per heavy atom. The third-order valence-corrected chi connectivity index (χ3v) is 6.82. The van der Waals surface area contributed by atoms with Crippen LogP contribution in [0.1, 0.15) is 46.1 Å². The Kier molecular flexibility index (Phi) is 4.82. The molecule has 0 spiro atoms. The van der Waals surface area contributed by atoms with Crippen molar-refractivity contribution in [3.05, 3.63) is 56.8 Å². The van der Waals surface area contributed by atoms with Gasteiger partial charge in [0, 0.05) is 32.1 Å². The number of nitrogens with zero attached hydrogens (tertiary/aromatic N) is 5. The Labute approximate surface area is 176 Å². The molecule has 0 saturated carbocycles. The molecule has 9 heteroatoms. The lowest BCUT2D eigenvalue weighted by Crippen LogP contribution is -2.26. The van der Waals surface area contributed by atoms with Crippen LogP contribution in [0.2, 0.25) is 0 Å².